The van der Waals surface area contributed by atoms with Gasteiger partial charge in [0.05, 0.1) is 33.8 Å². The second kappa shape index (κ2) is 67.1. The van der Waals surface area contributed by atoms with E-state index in [0.717, 1.165) is 109 Å². The van der Waals surface area contributed by atoms with Crippen molar-refractivity contribution in [2.45, 2.75) is 360 Å². The molecular weight excluding hydrogens is 1110 g/mol. The molecule has 0 fully saturated rings. The number of carbonyl (C=O) groups is 2. The van der Waals surface area contributed by atoms with Gasteiger partial charge >= 0.3 is 13.8 Å². The van der Waals surface area contributed by atoms with Gasteiger partial charge in [0.25, 0.3) is 0 Å². The second-order valence-corrected chi connectivity index (χ2v) is 27.9. The zero-order chi connectivity index (χ0) is 64.2. The number of hydrogen-bond acceptors (Lipinski definition) is 6. The van der Waals surface area contributed by atoms with Crippen LogP contribution in [-0.4, -0.2) is 74.3 Å². The highest BCUT2D eigenvalue weighted by atomic mass is 31.2. The van der Waals surface area contributed by atoms with Crippen molar-refractivity contribution in [1.29, 1.82) is 0 Å². The highest BCUT2D eigenvalue weighted by Crippen LogP contribution is 2.43. The largest absolute Gasteiger partial charge is 0.472 e. The van der Waals surface area contributed by atoms with E-state index in [1.54, 1.807) is 0 Å². The van der Waals surface area contributed by atoms with Crippen LogP contribution in [0.4, 0.5) is 0 Å². The highest BCUT2D eigenvalue weighted by molar-refractivity contribution is 7.47. The number of nitrogens with zero attached hydrogens (tertiary/aromatic N) is 1. The lowest BCUT2D eigenvalue weighted by Crippen LogP contribution is -2.47. The van der Waals surface area contributed by atoms with Crippen molar-refractivity contribution in [2.24, 2.45) is 0 Å². The number of nitrogens with one attached hydrogen (secondary N) is 1. The Hall–Kier alpha value is -2.81. The molecule has 0 aromatic carbocycles. The van der Waals surface area contributed by atoms with Gasteiger partial charge in [0.1, 0.15) is 19.3 Å². The maximum absolute atomic E-state index is 13.6. The lowest BCUT2D eigenvalue weighted by Gasteiger charge is -2.27. The van der Waals surface area contributed by atoms with E-state index < -0.39 is 20.0 Å². The molecule has 1 amide bonds. The van der Waals surface area contributed by atoms with Gasteiger partial charge in [0.2, 0.25) is 5.91 Å². The first-order valence-corrected chi connectivity index (χ1v) is 38.9. The third-order valence-corrected chi connectivity index (χ3v) is 17.6. The second-order valence-electron chi connectivity index (χ2n) is 26.4. The van der Waals surface area contributed by atoms with Crippen LogP contribution in [0.15, 0.2) is 85.1 Å². The van der Waals surface area contributed by atoms with E-state index in [1.165, 1.54) is 205 Å². The number of allylic oxidation sites excluding steroid dienone is 13. The Morgan fingerprint density at radius 3 is 1.09 bits per heavy atom. The summed E-state index contributed by atoms with van der Waals surface area (Å²) in [6.07, 6.45) is 90.3. The van der Waals surface area contributed by atoms with Crippen molar-refractivity contribution in [1.82, 2.24) is 5.32 Å². The van der Waals surface area contributed by atoms with Gasteiger partial charge in [-0.1, -0.05) is 337 Å². The standard InChI is InChI=1S/C78H143N2O7P/c1-7-10-13-16-19-22-25-28-30-32-34-36-38-39-40-41-43-45-47-49-51-53-56-59-62-65-68-71-78(82)87-76(69-66-63-60-57-54-27-24-21-18-15-12-9-3)75(74-86-88(83,84)85-73-72-80(4,5)6)79-77(81)70-67-64-61-58-55-52-50-48-46-44-42-37-35-33-31-29-26-23-20-17-14-11-8-2/h10,13,19,22,28,30,34,36,39-40,43,45,66,69,75-76H,7-9,11-12,14-18,20-21,23-27,29,31-33,35,37-38,41-42,44,46-65,67-68,70-74H2,1-6H3,(H-,79,81,83,84)/p+1/b13-10-,22-19-,30-28-,36-34-,40-39-,45-43-,69-66+. The summed E-state index contributed by atoms with van der Waals surface area (Å²) in [5.41, 5.74) is 0. The van der Waals surface area contributed by atoms with Crippen LogP contribution in [0.25, 0.3) is 0 Å². The lowest BCUT2D eigenvalue weighted by molar-refractivity contribution is -0.870. The van der Waals surface area contributed by atoms with E-state index in [9.17, 15) is 19.0 Å². The number of esters is 1. The molecule has 0 spiro atoms. The van der Waals surface area contributed by atoms with Gasteiger partial charge in [0, 0.05) is 12.8 Å². The van der Waals surface area contributed by atoms with Gasteiger partial charge < -0.3 is 19.4 Å². The summed E-state index contributed by atoms with van der Waals surface area (Å²) in [5.74, 6) is -0.503. The SMILES string of the molecule is CC/C=C\C/C=C\C/C=C\C/C=C\C/C=C\C/C=C\CCCCCCCCCCC(=O)OC(/C=C/CCCCCCCCCCCC)C(COP(=O)(O)OCC[N+](C)(C)C)NC(=O)CCCCCCCCCCCCCCCCCCCCCCCCC. The molecule has 512 valence electrons. The number of phosphoric acid groups is 1. The number of carbonyl (C=O) groups excluding carboxylic acids is 2. The van der Waals surface area contributed by atoms with Gasteiger partial charge in [-0.2, -0.15) is 0 Å². The minimum atomic E-state index is -4.46. The molecule has 0 rings (SSSR count). The van der Waals surface area contributed by atoms with Gasteiger partial charge in [-0.3, -0.25) is 18.6 Å². The minimum Gasteiger partial charge on any atom is -0.456 e. The predicted octanol–water partition coefficient (Wildman–Crippen LogP) is 24.1. The molecule has 3 atom stereocenters. The number of quaternary nitrogens is 1. The number of amides is 1. The third-order valence-electron chi connectivity index (χ3n) is 16.6. The van der Waals surface area contributed by atoms with Gasteiger partial charge in [-0.15, -0.1) is 0 Å². The fourth-order valence-corrected chi connectivity index (χ4v) is 11.6. The number of ether oxygens (including phenoxy) is 1. The van der Waals surface area contributed by atoms with Crippen molar-refractivity contribution < 1.29 is 37.3 Å². The molecule has 9 nitrogen and oxygen atoms in total. The Bertz CT molecular complexity index is 1780. The quantitative estimate of drug-likeness (QED) is 0.0205. The fourth-order valence-electron chi connectivity index (χ4n) is 10.9. The van der Waals surface area contributed by atoms with Crippen molar-refractivity contribution >= 4 is 19.7 Å². The minimum absolute atomic E-state index is 0.0378. The molecule has 0 aliphatic carbocycles. The van der Waals surface area contributed by atoms with E-state index in [2.05, 4.69) is 99.0 Å². The number of likely N-dealkylation sites (N-methyl/N-ethyl adjacent to an activating group) is 1. The predicted molar refractivity (Wildman–Crippen MR) is 383 cm³/mol. The first-order chi connectivity index (χ1) is 42.9. The molecule has 2 N–H and O–H groups in total. The van der Waals surface area contributed by atoms with E-state index in [-0.39, 0.29) is 31.5 Å². The monoisotopic (exact) mass is 1250 g/mol. The molecule has 0 bridgehead atoms. The van der Waals surface area contributed by atoms with Crippen molar-refractivity contribution in [2.75, 3.05) is 40.9 Å². The van der Waals surface area contributed by atoms with Gasteiger partial charge in [0.15, 0.2) is 0 Å². The van der Waals surface area contributed by atoms with Crippen molar-refractivity contribution in [3.63, 3.8) is 0 Å². The van der Waals surface area contributed by atoms with E-state index in [4.69, 9.17) is 13.8 Å². The van der Waals surface area contributed by atoms with Crippen LogP contribution in [0.5, 0.6) is 0 Å². The average molecular weight is 1250 g/mol. The Kier molecular flexibility index (Phi) is 64.9. The molecular formula is C78H144N2O7P+. The first-order valence-electron chi connectivity index (χ1n) is 37.4. The zero-order valence-corrected chi connectivity index (χ0v) is 59.6. The van der Waals surface area contributed by atoms with Crippen LogP contribution in [0.2, 0.25) is 0 Å². The first kappa shape index (κ1) is 85.2. The van der Waals surface area contributed by atoms with Crippen LogP contribution in [0.1, 0.15) is 348 Å². The summed E-state index contributed by atoms with van der Waals surface area (Å²) in [4.78, 5) is 38.0. The van der Waals surface area contributed by atoms with Crippen LogP contribution >= 0.6 is 7.82 Å². The summed E-state index contributed by atoms with van der Waals surface area (Å²) >= 11 is 0. The summed E-state index contributed by atoms with van der Waals surface area (Å²) in [7, 11) is 1.50. The molecule has 0 radical (unpaired) electrons. The summed E-state index contributed by atoms with van der Waals surface area (Å²) in [6, 6.07) is -0.855. The zero-order valence-electron chi connectivity index (χ0n) is 58.7. The van der Waals surface area contributed by atoms with E-state index >= 15 is 0 Å². The number of hydrogen-bond donors (Lipinski definition) is 2. The Morgan fingerprint density at radius 1 is 0.409 bits per heavy atom. The smallest absolute Gasteiger partial charge is 0.456 e. The summed E-state index contributed by atoms with van der Waals surface area (Å²) < 4.78 is 30.9. The topological polar surface area (TPSA) is 111 Å². The molecule has 0 saturated heterocycles. The van der Waals surface area contributed by atoms with Crippen LogP contribution < -0.4 is 5.32 Å². The number of rotatable bonds is 68. The third kappa shape index (κ3) is 67.6. The molecule has 0 aliphatic rings. The highest BCUT2D eigenvalue weighted by Gasteiger charge is 2.30. The lowest BCUT2D eigenvalue weighted by atomic mass is 10.0. The number of unbranched alkanes of at least 4 members (excludes halogenated alkanes) is 40. The maximum atomic E-state index is 13.6. The molecule has 0 heterocycles. The molecule has 0 aromatic rings. The van der Waals surface area contributed by atoms with E-state index in [1.807, 2.05) is 33.3 Å². The van der Waals surface area contributed by atoms with Crippen LogP contribution in [0, 0.1) is 0 Å². The summed E-state index contributed by atoms with van der Waals surface area (Å²) in [6.45, 7) is 6.94. The fraction of sp³-hybridized carbons (Fsp3) is 0.795. The van der Waals surface area contributed by atoms with Gasteiger partial charge in [-0.25, -0.2) is 4.57 Å². The Morgan fingerprint density at radius 2 is 0.727 bits per heavy atom. The molecule has 10 heteroatoms. The van der Waals surface area contributed by atoms with Crippen LogP contribution in [-0.2, 0) is 27.9 Å². The summed E-state index contributed by atoms with van der Waals surface area (Å²) in [5, 5.41) is 3.08. The number of phosphoric ester groups is 1. The van der Waals surface area contributed by atoms with Crippen molar-refractivity contribution in [3.8, 4) is 0 Å². The Balaban J connectivity index is 5.02. The molecule has 0 aliphatic heterocycles. The molecule has 0 aromatic heterocycles. The molecule has 3 unspecified atom stereocenters. The molecule has 0 saturated carbocycles. The average Bonchev–Trinajstić information content (AvgIpc) is 3.61. The van der Waals surface area contributed by atoms with Crippen molar-refractivity contribution in [3.05, 3.63) is 85.1 Å². The Labute approximate surface area is 546 Å². The molecule has 88 heavy (non-hydrogen) atoms. The van der Waals surface area contributed by atoms with Gasteiger partial charge in [-0.05, 0) is 83.1 Å². The maximum Gasteiger partial charge on any atom is 0.472 e. The van der Waals surface area contributed by atoms with Crippen LogP contribution in [0.3, 0.4) is 0 Å². The normalized spacial score (nSPS) is 13.9. The van der Waals surface area contributed by atoms with E-state index in [0.29, 0.717) is 17.4 Å².